The van der Waals surface area contributed by atoms with Crippen LogP contribution in [0.4, 0.5) is 4.39 Å². The molecule has 0 radical (unpaired) electrons. The zero-order valence-corrected chi connectivity index (χ0v) is 28.5. The number of nitrogens with one attached hydrogen (secondary N) is 2. The van der Waals surface area contributed by atoms with Crippen molar-refractivity contribution >= 4 is 11.8 Å². The summed E-state index contributed by atoms with van der Waals surface area (Å²) >= 11 is 0. The molecule has 3 N–H and O–H groups in total. The maximum Gasteiger partial charge on any atom is 0.266 e. The van der Waals surface area contributed by atoms with E-state index in [2.05, 4.69) is 20.9 Å². The van der Waals surface area contributed by atoms with Crippen molar-refractivity contribution in [1.29, 1.82) is 0 Å². The van der Waals surface area contributed by atoms with Crippen molar-refractivity contribution in [2.75, 3.05) is 19.8 Å². The van der Waals surface area contributed by atoms with Crippen LogP contribution in [0.25, 0.3) is 21.6 Å². The molecule has 1 heterocycles. The van der Waals surface area contributed by atoms with Gasteiger partial charge in [-0.1, -0.05) is 96.1 Å². The fourth-order valence-electron chi connectivity index (χ4n) is 6.20. The van der Waals surface area contributed by atoms with Crippen LogP contribution >= 0.6 is 0 Å². The number of hydrogen-bond donors (Lipinski definition) is 3. The second-order valence-corrected chi connectivity index (χ2v) is 12.4. The maximum atomic E-state index is 14.7. The molecule has 0 saturated heterocycles. The molecule has 264 valence electrons. The molecule has 6 rings (SSSR count). The van der Waals surface area contributed by atoms with Crippen molar-refractivity contribution < 1.29 is 23.8 Å². The summed E-state index contributed by atoms with van der Waals surface area (Å²) < 4.78 is 26.2. The Balaban J connectivity index is 1.38. The Hall–Kier alpha value is -6.00. The van der Waals surface area contributed by atoms with E-state index in [1.54, 1.807) is 18.2 Å². The van der Waals surface area contributed by atoms with Crippen LogP contribution < -0.4 is 15.6 Å². The van der Waals surface area contributed by atoms with Crippen LogP contribution in [0, 0.1) is 5.82 Å². The minimum Gasteiger partial charge on any atom is -0.494 e. The highest BCUT2D eigenvalue weighted by Gasteiger charge is 2.53. The molecule has 1 aliphatic heterocycles. The van der Waals surface area contributed by atoms with Crippen molar-refractivity contribution in [3.63, 3.8) is 0 Å². The number of ether oxygens (including phenoxy) is 2. The lowest BCUT2D eigenvalue weighted by Gasteiger charge is -2.31. The fourth-order valence-corrected chi connectivity index (χ4v) is 6.20. The van der Waals surface area contributed by atoms with Crippen LogP contribution in [-0.4, -0.2) is 42.2 Å². The number of amides is 1. The average molecular weight is 699 g/mol. The topological polar surface area (TPSA) is 141 Å². The first-order chi connectivity index (χ1) is 25.5. The number of azide groups is 1. The monoisotopic (exact) mass is 698 g/mol. The van der Waals surface area contributed by atoms with E-state index < -0.39 is 17.6 Å². The molecule has 52 heavy (non-hydrogen) atoms. The van der Waals surface area contributed by atoms with E-state index in [1.807, 2.05) is 97.1 Å². The van der Waals surface area contributed by atoms with Gasteiger partial charge in [-0.3, -0.25) is 10.2 Å². The summed E-state index contributed by atoms with van der Waals surface area (Å²) in [4.78, 5) is 22.7. The van der Waals surface area contributed by atoms with E-state index in [4.69, 9.17) is 25.1 Å². The van der Waals surface area contributed by atoms with Gasteiger partial charge < -0.3 is 14.6 Å². The third-order valence-corrected chi connectivity index (χ3v) is 8.86. The Morgan fingerprint density at radius 3 is 2.35 bits per heavy atom. The molecular formula is C41H39FN6O4. The minimum atomic E-state index is -1.52. The number of rotatable bonds is 16. The summed E-state index contributed by atoms with van der Waals surface area (Å²) in [6.45, 7) is 0.845. The Morgan fingerprint density at radius 1 is 0.904 bits per heavy atom. The Bertz CT molecular complexity index is 2040. The normalized spacial score (nSPS) is 16.3. The second kappa shape index (κ2) is 17.3. The van der Waals surface area contributed by atoms with Crippen molar-refractivity contribution in [1.82, 2.24) is 10.9 Å². The number of aliphatic imine (C=N–C) groups is 1. The minimum absolute atomic E-state index is 0.0340. The van der Waals surface area contributed by atoms with Crippen molar-refractivity contribution in [3.05, 3.63) is 171 Å². The summed E-state index contributed by atoms with van der Waals surface area (Å²) in [5.41, 5.74) is 19.3. The molecule has 0 aromatic heterocycles. The third-order valence-electron chi connectivity index (χ3n) is 8.86. The molecule has 0 aliphatic carbocycles. The van der Waals surface area contributed by atoms with Crippen LogP contribution in [0.15, 0.2) is 138 Å². The lowest BCUT2D eigenvalue weighted by molar-refractivity contribution is -0.130. The highest BCUT2D eigenvalue weighted by Crippen LogP contribution is 2.43. The van der Waals surface area contributed by atoms with Crippen LogP contribution in [0.5, 0.6) is 5.75 Å². The van der Waals surface area contributed by atoms with E-state index >= 15 is 0 Å². The Morgan fingerprint density at radius 2 is 1.62 bits per heavy atom. The van der Waals surface area contributed by atoms with Crippen molar-refractivity contribution in [2.24, 2.45) is 10.1 Å². The summed E-state index contributed by atoms with van der Waals surface area (Å²) in [5.74, 6) is 0.154. The van der Waals surface area contributed by atoms with Crippen LogP contribution in [0.1, 0.15) is 40.3 Å². The van der Waals surface area contributed by atoms with Crippen molar-refractivity contribution in [2.45, 2.75) is 37.5 Å². The molecule has 11 heteroatoms. The van der Waals surface area contributed by atoms with Gasteiger partial charge in [-0.05, 0) is 81.7 Å². The van der Waals surface area contributed by atoms with Gasteiger partial charge in [0.2, 0.25) is 5.90 Å². The van der Waals surface area contributed by atoms with E-state index in [-0.39, 0.29) is 31.3 Å². The first-order valence-electron chi connectivity index (χ1n) is 17.1. The molecule has 0 bridgehead atoms. The second-order valence-electron chi connectivity index (χ2n) is 12.4. The average Bonchev–Trinajstić information content (AvgIpc) is 3.57. The highest BCUT2D eigenvalue weighted by atomic mass is 19.1. The predicted octanol–water partition coefficient (Wildman–Crippen LogP) is 7.43. The van der Waals surface area contributed by atoms with E-state index in [9.17, 15) is 9.18 Å². The van der Waals surface area contributed by atoms with Gasteiger partial charge >= 0.3 is 0 Å². The lowest BCUT2D eigenvalue weighted by atomic mass is 9.80. The molecular weight excluding hydrogens is 659 g/mol. The van der Waals surface area contributed by atoms with Gasteiger partial charge in [0, 0.05) is 36.5 Å². The number of aliphatic hydroxyl groups excluding tert-OH is 1. The van der Waals surface area contributed by atoms with Crippen molar-refractivity contribution in [3.8, 4) is 16.9 Å². The summed E-state index contributed by atoms with van der Waals surface area (Å²) in [6, 6.07) is 39.0. The Kier molecular flexibility index (Phi) is 11.9. The van der Waals surface area contributed by atoms with Gasteiger partial charge in [0.05, 0.1) is 13.2 Å². The standard InChI is InChI=1S/C41H39FN6O4/c42-36-13-6-8-29(26-36)22-23-44-47-40(50)41(27-34-11-4-5-12-35(34)28-45-48-43)38(32-16-14-31(15-17-32)30-9-2-1-3-10-30)52-39(46-41)33-18-20-37(21-19-33)51-25-7-24-49/h1-6,8-21,26,38,44,49H,7,22-25,27-28H2,(H,47,50)/t38-,41-/m0/s1. The van der Waals surface area contributed by atoms with Crippen LogP contribution in [0.3, 0.4) is 0 Å². The molecule has 0 saturated carbocycles. The number of nitrogens with zero attached hydrogens (tertiary/aromatic N) is 4. The fraction of sp³-hybridized carbons (Fsp3) is 0.220. The number of carbonyl (C=O) groups is 1. The SMILES string of the molecule is [N-]=[N+]=NCc1ccccc1C[C@]1(C(=O)NNCCc2cccc(F)c2)N=C(c2ccc(OCCCO)cc2)O[C@H]1c1ccc(-c2ccccc2)cc1. The first kappa shape index (κ1) is 35.8. The van der Waals surface area contributed by atoms with E-state index in [0.29, 0.717) is 37.3 Å². The molecule has 5 aromatic carbocycles. The third kappa shape index (κ3) is 8.65. The summed E-state index contributed by atoms with van der Waals surface area (Å²) in [6.07, 6.45) is 0.253. The molecule has 1 amide bonds. The number of aliphatic hydroxyl groups is 1. The zero-order chi connectivity index (χ0) is 36.2. The van der Waals surface area contributed by atoms with E-state index in [0.717, 1.165) is 33.4 Å². The number of carbonyl (C=O) groups excluding carboxylic acids is 1. The molecule has 5 aromatic rings. The molecule has 1 aliphatic rings. The molecule has 2 atom stereocenters. The van der Waals surface area contributed by atoms with Gasteiger partial charge in [0.25, 0.3) is 5.91 Å². The van der Waals surface area contributed by atoms with E-state index in [1.165, 1.54) is 12.1 Å². The molecule has 0 spiro atoms. The maximum absolute atomic E-state index is 14.7. The smallest absolute Gasteiger partial charge is 0.266 e. The van der Waals surface area contributed by atoms with Gasteiger partial charge in [0.15, 0.2) is 11.6 Å². The van der Waals surface area contributed by atoms with Crippen LogP contribution in [0.2, 0.25) is 0 Å². The summed E-state index contributed by atoms with van der Waals surface area (Å²) in [7, 11) is 0. The van der Waals surface area contributed by atoms with Gasteiger partial charge in [-0.25, -0.2) is 14.8 Å². The molecule has 0 fully saturated rings. The quantitative estimate of drug-likeness (QED) is 0.0323. The summed E-state index contributed by atoms with van der Waals surface area (Å²) in [5, 5.41) is 12.9. The Labute approximate surface area is 301 Å². The molecule has 0 unspecified atom stereocenters. The number of halogens is 1. The number of benzene rings is 5. The number of hydrogen-bond acceptors (Lipinski definition) is 7. The number of hydrazine groups is 1. The molecule has 10 nitrogen and oxygen atoms in total. The first-order valence-corrected chi connectivity index (χ1v) is 17.1. The largest absolute Gasteiger partial charge is 0.494 e. The van der Waals surface area contributed by atoms with Gasteiger partial charge in [-0.15, -0.1) is 0 Å². The predicted molar refractivity (Wildman–Crippen MR) is 198 cm³/mol. The van der Waals surface area contributed by atoms with Gasteiger partial charge in [0.1, 0.15) is 11.6 Å². The lowest BCUT2D eigenvalue weighted by Crippen LogP contribution is -2.54. The zero-order valence-electron chi connectivity index (χ0n) is 28.5. The van der Waals surface area contributed by atoms with Crippen LogP contribution in [-0.2, 0) is 28.9 Å². The van der Waals surface area contributed by atoms with Gasteiger partial charge in [-0.2, -0.15) is 0 Å². The highest BCUT2D eigenvalue weighted by molar-refractivity contribution is 6.01.